The van der Waals surface area contributed by atoms with Crippen LogP contribution in [0.3, 0.4) is 0 Å². The maximum Gasteiger partial charge on any atom is 0.344 e. The van der Waals surface area contributed by atoms with Crippen molar-refractivity contribution in [3.05, 3.63) is 111 Å². The summed E-state index contributed by atoms with van der Waals surface area (Å²) < 4.78 is 7.55. The number of fused-ring (bicyclic) bond motifs is 1. The van der Waals surface area contributed by atoms with Crippen LogP contribution in [-0.4, -0.2) is 17.2 Å². The summed E-state index contributed by atoms with van der Waals surface area (Å²) in [5, 5.41) is 1.01. The van der Waals surface area contributed by atoms with Gasteiger partial charge in [-0.2, -0.15) is 0 Å². The third kappa shape index (κ3) is 5.08. The van der Waals surface area contributed by atoms with Crippen molar-refractivity contribution in [3.63, 3.8) is 0 Å². The van der Waals surface area contributed by atoms with E-state index in [1.807, 2.05) is 54.6 Å². The zero-order valence-electron chi connectivity index (χ0n) is 18.2. The average molecular weight is 574 g/mol. The molecule has 0 aliphatic rings. The minimum Gasteiger partial charge on any atom is -0.423 e. The largest absolute Gasteiger partial charge is 0.423 e. The van der Waals surface area contributed by atoms with Crippen LogP contribution in [0.4, 0.5) is 5.69 Å². The van der Waals surface area contributed by atoms with Crippen LogP contribution in [0, 0.1) is 10.5 Å². The minimum absolute atomic E-state index is 0.366. The molecule has 1 aromatic heterocycles. The van der Waals surface area contributed by atoms with Crippen molar-refractivity contribution in [2.75, 3.05) is 0 Å². The van der Waals surface area contributed by atoms with Crippen LogP contribution in [0.25, 0.3) is 20.8 Å². The summed E-state index contributed by atoms with van der Waals surface area (Å²) in [6.45, 7) is 2.09. The number of hydrogen-bond acceptors (Lipinski definition) is 5. The van der Waals surface area contributed by atoms with Crippen molar-refractivity contribution in [3.8, 4) is 16.3 Å². The standard InChI is InChI=1S/C28H19IN2O2S/c1-18-6-15-25-26(16-18)34-27(31-25)20-9-11-21(12-10-20)30-17-19-7-13-22(14-8-19)33-28(32)23-4-2-3-5-24(23)29/h2-17H,1H3. The summed E-state index contributed by atoms with van der Waals surface area (Å²) >= 11 is 3.83. The summed E-state index contributed by atoms with van der Waals surface area (Å²) in [5.41, 5.74) is 5.68. The molecule has 0 saturated carbocycles. The molecule has 5 aromatic rings. The molecule has 6 heteroatoms. The molecular formula is C28H19IN2O2S. The second kappa shape index (κ2) is 9.87. The number of aromatic nitrogens is 1. The molecule has 0 atom stereocenters. The predicted octanol–water partition coefficient (Wildman–Crippen LogP) is 7.85. The summed E-state index contributed by atoms with van der Waals surface area (Å²) in [6, 6.07) is 29.0. The fourth-order valence-electron chi connectivity index (χ4n) is 3.41. The van der Waals surface area contributed by atoms with Gasteiger partial charge in [-0.1, -0.05) is 18.2 Å². The molecule has 0 amide bonds. The van der Waals surface area contributed by atoms with Gasteiger partial charge in [0.05, 0.1) is 21.5 Å². The molecule has 0 fully saturated rings. The first-order chi connectivity index (χ1) is 16.5. The molecule has 0 aliphatic carbocycles. The van der Waals surface area contributed by atoms with Gasteiger partial charge in [0.1, 0.15) is 10.8 Å². The monoisotopic (exact) mass is 574 g/mol. The lowest BCUT2D eigenvalue weighted by atomic mass is 10.2. The SMILES string of the molecule is Cc1ccc2nc(-c3ccc(N=Cc4ccc(OC(=O)c5ccccc5I)cc4)cc3)sc2c1. The number of thiazole rings is 1. The zero-order valence-corrected chi connectivity index (χ0v) is 21.2. The zero-order chi connectivity index (χ0) is 23.5. The number of ether oxygens (including phenoxy) is 1. The Balaban J connectivity index is 1.25. The van der Waals surface area contributed by atoms with Gasteiger partial charge in [0.15, 0.2) is 0 Å². The van der Waals surface area contributed by atoms with Crippen LogP contribution in [0.1, 0.15) is 21.5 Å². The molecule has 0 radical (unpaired) electrons. The van der Waals surface area contributed by atoms with E-state index in [0.717, 1.165) is 30.9 Å². The van der Waals surface area contributed by atoms with Gasteiger partial charge in [-0.05, 0) is 113 Å². The molecule has 0 bridgehead atoms. The number of aliphatic imine (C=N–C) groups is 1. The first-order valence-electron chi connectivity index (χ1n) is 10.6. The first kappa shape index (κ1) is 22.4. The normalized spacial score (nSPS) is 11.2. The number of rotatable bonds is 5. The number of benzene rings is 4. The van der Waals surface area contributed by atoms with Gasteiger partial charge in [0.2, 0.25) is 0 Å². The molecule has 5 rings (SSSR count). The van der Waals surface area contributed by atoms with Crippen molar-refractivity contribution in [2.45, 2.75) is 6.92 Å². The van der Waals surface area contributed by atoms with Crippen LogP contribution >= 0.6 is 33.9 Å². The number of halogens is 1. The topological polar surface area (TPSA) is 51.6 Å². The molecule has 4 nitrogen and oxygen atoms in total. The van der Waals surface area contributed by atoms with Crippen LogP contribution in [0.5, 0.6) is 5.75 Å². The van der Waals surface area contributed by atoms with Crippen molar-refractivity contribution < 1.29 is 9.53 Å². The molecule has 166 valence electrons. The third-order valence-corrected chi connectivity index (χ3v) is 7.21. The fourth-order valence-corrected chi connectivity index (χ4v) is 5.08. The smallest absolute Gasteiger partial charge is 0.344 e. The van der Waals surface area contributed by atoms with E-state index in [0.29, 0.717) is 11.3 Å². The van der Waals surface area contributed by atoms with Crippen molar-refractivity contribution in [2.24, 2.45) is 4.99 Å². The number of carbonyl (C=O) groups excluding carboxylic acids is 1. The van der Waals surface area contributed by atoms with E-state index in [1.54, 1.807) is 35.8 Å². The number of carbonyl (C=O) groups is 1. The van der Waals surface area contributed by atoms with Crippen LogP contribution in [-0.2, 0) is 0 Å². The van der Waals surface area contributed by atoms with Gasteiger partial charge in [-0.25, -0.2) is 9.78 Å². The highest BCUT2D eigenvalue weighted by Crippen LogP contribution is 2.31. The van der Waals surface area contributed by atoms with E-state index in [9.17, 15) is 4.79 Å². The van der Waals surface area contributed by atoms with E-state index in [4.69, 9.17) is 9.72 Å². The first-order valence-corrected chi connectivity index (χ1v) is 12.5. The van der Waals surface area contributed by atoms with Crippen molar-refractivity contribution in [1.82, 2.24) is 4.98 Å². The molecule has 0 saturated heterocycles. The highest BCUT2D eigenvalue weighted by molar-refractivity contribution is 14.1. The summed E-state index contributed by atoms with van der Waals surface area (Å²) in [5.74, 6) is 0.131. The Morgan fingerprint density at radius 3 is 2.50 bits per heavy atom. The van der Waals surface area contributed by atoms with Gasteiger partial charge in [0, 0.05) is 15.3 Å². The number of nitrogens with zero attached hydrogens (tertiary/aromatic N) is 2. The minimum atomic E-state index is -0.366. The number of hydrogen-bond donors (Lipinski definition) is 0. The molecule has 4 aromatic carbocycles. The lowest BCUT2D eigenvalue weighted by Gasteiger charge is -2.06. The van der Waals surface area contributed by atoms with Crippen molar-refractivity contribution in [1.29, 1.82) is 0 Å². The Labute approximate surface area is 215 Å². The summed E-state index contributed by atoms with van der Waals surface area (Å²) in [7, 11) is 0. The van der Waals surface area contributed by atoms with Gasteiger partial charge < -0.3 is 4.74 Å². The Kier molecular flexibility index (Phi) is 6.51. The molecule has 0 N–H and O–H groups in total. The molecular weight excluding hydrogens is 555 g/mol. The van der Waals surface area contributed by atoms with E-state index >= 15 is 0 Å². The van der Waals surface area contributed by atoms with Crippen molar-refractivity contribution >= 4 is 62.0 Å². The predicted molar refractivity (Wildman–Crippen MR) is 148 cm³/mol. The van der Waals surface area contributed by atoms with Crippen LogP contribution < -0.4 is 4.74 Å². The van der Waals surface area contributed by atoms with E-state index in [1.165, 1.54) is 10.3 Å². The second-order valence-electron chi connectivity index (χ2n) is 7.73. The quantitative estimate of drug-likeness (QED) is 0.0930. The van der Waals surface area contributed by atoms with Gasteiger partial charge >= 0.3 is 5.97 Å². The molecule has 1 heterocycles. The Hall–Kier alpha value is -3.36. The Morgan fingerprint density at radius 2 is 1.74 bits per heavy atom. The van der Waals surface area contributed by atoms with Gasteiger partial charge in [0.25, 0.3) is 0 Å². The van der Waals surface area contributed by atoms with E-state index < -0.39 is 0 Å². The van der Waals surface area contributed by atoms with Crippen LogP contribution in [0.2, 0.25) is 0 Å². The molecule has 0 unspecified atom stereocenters. The van der Waals surface area contributed by atoms with E-state index in [2.05, 4.69) is 52.7 Å². The molecule has 34 heavy (non-hydrogen) atoms. The lowest BCUT2D eigenvalue weighted by Crippen LogP contribution is -2.10. The highest BCUT2D eigenvalue weighted by atomic mass is 127. The molecule has 0 aliphatic heterocycles. The molecule has 0 spiro atoms. The third-order valence-electron chi connectivity index (χ3n) is 5.21. The highest BCUT2D eigenvalue weighted by Gasteiger charge is 2.11. The Morgan fingerprint density at radius 1 is 0.971 bits per heavy atom. The van der Waals surface area contributed by atoms with Crippen LogP contribution in [0.15, 0.2) is 96.0 Å². The summed E-state index contributed by atoms with van der Waals surface area (Å²) in [4.78, 5) is 21.7. The average Bonchev–Trinajstić information content (AvgIpc) is 3.27. The number of esters is 1. The summed E-state index contributed by atoms with van der Waals surface area (Å²) in [6.07, 6.45) is 1.79. The maximum atomic E-state index is 12.4. The lowest BCUT2D eigenvalue weighted by molar-refractivity contribution is 0.0733. The number of aryl methyl sites for hydroxylation is 1. The second-order valence-corrected chi connectivity index (χ2v) is 9.93. The van der Waals surface area contributed by atoms with Gasteiger partial charge in [-0.3, -0.25) is 4.99 Å². The fraction of sp³-hybridized carbons (Fsp3) is 0.0357. The Bertz CT molecular complexity index is 1510. The van der Waals surface area contributed by atoms with E-state index in [-0.39, 0.29) is 5.97 Å². The maximum absolute atomic E-state index is 12.4. The van der Waals surface area contributed by atoms with Gasteiger partial charge in [-0.15, -0.1) is 11.3 Å².